The average Bonchev–Trinajstić information content (AvgIpc) is 2.59. The Morgan fingerprint density at radius 3 is 2.20 bits per heavy atom. The van der Waals surface area contributed by atoms with Gasteiger partial charge in [0.1, 0.15) is 19.0 Å². The lowest BCUT2D eigenvalue weighted by Gasteiger charge is -2.20. The zero-order valence-corrected chi connectivity index (χ0v) is 15.7. The van der Waals surface area contributed by atoms with E-state index in [0.717, 1.165) is 0 Å². The summed E-state index contributed by atoms with van der Waals surface area (Å²) in [4.78, 5) is 23.7. The van der Waals surface area contributed by atoms with E-state index >= 15 is 0 Å². The number of esters is 2. The summed E-state index contributed by atoms with van der Waals surface area (Å²) in [6.07, 6.45) is 0.326. The molecule has 6 heteroatoms. The second-order valence-corrected chi connectivity index (χ2v) is 6.17. The number of ether oxygens (including phenoxy) is 4. The fourth-order valence-corrected chi connectivity index (χ4v) is 1.82. The molecular weight excluding hydrogens is 324 g/mol. The number of carbonyl (C=O) groups is 2. The van der Waals surface area contributed by atoms with Crippen molar-refractivity contribution in [2.45, 2.75) is 47.3 Å². The van der Waals surface area contributed by atoms with E-state index < -0.39 is 11.4 Å². The summed E-state index contributed by atoms with van der Waals surface area (Å²) in [6.45, 7) is 9.86. The van der Waals surface area contributed by atoms with E-state index in [9.17, 15) is 9.59 Å². The predicted octanol–water partition coefficient (Wildman–Crippen LogP) is 3.58. The summed E-state index contributed by atoms with van der Waals surface area (Å²) in [5, 5.41) is 0. The van der Waals surface area contributed by atoms with Crippen LogP contribution in [0.2, 0.25) is 0 Å². The van der Waals surface area contributed by atoms with Gasteiger partial charge in [0.05, 0.1) is 11.0 Å². The zero-order valence-electron chi connectivity index (χ0n) is 15.7. The van der Waals surface area contributed by atoms with E-state index in [1.807, 2.05) is 27.7 Å². The maximum absolute atomic E-state index is 12.0. The first kappa shape index (κ1) is 21.0. The maximum atomic E-state index is 12.0. The Hall–Kier alpha value is -2.08. The molecule has 0 heterocycles. The van der Waals surface area contributed by atoms with Crippen molar-refractivity contribution in [2.75, 3.05) is 19.8 Å². The topological polar surface area (TPSA) is 71.1 Å². The van der Waals surface area contributed by atoms with Crippen molar-refractivity contribution in [1.29, 1.82) is 0 Å². The van der Waals surface area contributed by atoms with Gasteiger partial charge in [-0.15, -0.1) is 0 Å². The summed E-state index contributed by atoms with van der Waals surface area (Å²) >= 11 is 0. The Morgan fingerprint density at radius 1 is 1.04 bits per heavy atom. The van der Waals surface area contributed by atoms with Crippen LogP contribution in [-0.4, -0.2) is 38.0 Å². The minimum absolute atomic E-state index is 0.0179. The normalized spacial score (nSPS) is 12.4. The van der Waals surface area contributed by atoms with Crippen LogP contribution < -0.4 is 4.74 Å². The molecule has 0 aliphatic heterocycles. The van der Waals surface area contributed by atoms with E-state index in [4.69, 9.17) is 18.9 Å². The van der Waals surface area contributed by atoms with E-state index in [1.165, 1.54) is 0 Å². The van der Waals surface area contributed by atoms with Crippen LogP contribution >= 0.6 is 0 Å². The van der Waals surface area contributed by atoms with E-state index in [-0.39, 0.29) is 25.5 Å². The Bertz CT molecular complexity index is 550. The lowest BCUT2D eigenvalue weighted by atomic mass is 9.91. The molecule has 25 heavy (non-hydrogen) atoms. The fraction of sp³-hybridized carbons (Fsp3) is 0.579. The molecule has 140 valence electrons. The largest absolute Gasteiger partial charge is 0.465 e. The number of carbonyl (C=O) groups excluding carboxylic acids is 2. The minimum atomic E-state index is -0.529. The van der Waals surface area contributed by atoms with Crippen LogP contribution in [-0.2, 0) is 19.0 Å². The molecule has 0 bridgehead atoms. The van der Waals surface area contributed by atoms with Crippen molar-refractivity contribution < 1.29 is 28.5 Å². The van der Waals surface area contributed by atoms with Gasteiger partial charge in [-0.05, 0) is 58.4 Å². The van der Waals surface area contributed by atoms with Crippen LogP contribution in [0.1, 0.15) is 51.4 Å². The molecule has 1 aromatic carbocycles. The van der Waals surface area contributed by atoms with Crippen molar-refractivity contribution in [3.63, 3.8) is 0 Å². The highest BCUT2D eigenvalue weighted by atomic mass is 16.7. The first-order chi connectivity index (χ1) is 11.8. The third-order valence-electron chi connectivity index (χ3n) is 3.78. The van der Waals surface area contributed by atoms with Crippen LogP contribution in [0.15, 0.2) is 24.3 Å². The van der Waals surface area contributed by atoms with Crippen molar-refractivity contribution in [3.8, 4) is 5.75 Å². The first-order valence-corrected chi connectivity index (χ1v) is 8.52. The molecule has 1 aromatic rings. The van der Waals surface area contributed by atoms with Crippen LogP contribution in [0.3, 0.4) is 0 Å². The number of hydrogen-bond donors (Lipinski definition) is 0. The van der Waals surface area contributed by atoms with Crippen molar-refractivity contribution in [2.24, 2.45) is 5.41 Å². The van der Waals surface area contributed by atoms with Gasteiger partial charge >= 0.3 is 11.9 Å². The predicted molar refractivity (Wildman–Crippen MR) is 93.5 cm³/mol. The van der Waals surface area contributed by atoms with Gasteiger partial charge in [-0.25, -0.2) is 4.79 Å². The zero-order chi connectivity index (χ0) is 18.9. The highest BCUT2D eigenvalue weighted by Crippen LogP contribution is 2.21. The lowest BCUT2D eigenvalue weighted by molar-refractivity contribution is -0.155. The Labute approximate surface area is 149 Å². The molecule has 0 saturated carbocycles. The van der Waals surface area contributed by atoms with Crippen LogP contribution in [0, 0.1) is 5.41 Å². The molecular formula is C19H28O6. The number of rotatable bonds is 10. The van der Waals surface area contributed by atoms with Gasteiger partial charge < -0.3 is 18.9 Å². The summed E-state index contributed by atoms with van der Waals surface area (Å²) < 4.78 is 21.0. The van der Waals surface area contributed by atoms with Gasteiger partial charge in [-0.1, -0.05) is 6.92 Å². The molecule has 0 amide bonds. The molecule has 0 spiro atoms. The van der Waals surface area contributed by atoms with Crippen LogP contribution in [0.25, 0.3) is 0 Å². The van der Waals surface area contributed by atoms with Crippen molar-refractivity contribution >= 4 is 11.9 Å². The lowest BCUT2D eigenvalue weighted by Crippen LogP contribution is -2.27. The number of hydrogen-bond acceptors (Lipinski definition) is 6. The van der Waals surface area contributed by atoms with E-state index in [2.05, 4.69) is 0 Å². The molecule has 1 rings (SSSR count). The van der Waals surface area contributed by atoms with Crippen LogP contribution in [0.4, 0.5) is 0 Å². The summed E-state index contributed by atoms with van der Waals surface area (Å²) in [5.74, 6) is -0.167. The highest BCUT2D eigenvalue weighted by molar-refractivity contribution is 5.89. The van der Waals surface area contributed by atoms with Crippen molar-refractivity contribution in [3.05, 3.63) is 29.8 Å². The second kappa shape index (κ2) is 10.0. The standard InChI is InChI=1S/C19H28O6/c1-6-19(4,5)18(21)24-13-12-23-17(20)15-8-10-16(11-9-15)25-14(3)22-7-2/h8-11,14H,6-7,12-13H2,1-5H3. The maximum Gasteiger partial charge on any atom is 0.338 e. The third kappa shape index (κ3) is 7.13. The summed E-state index contributed by atoms with van der Waals surface area (Å²) in [7, 11) is 0. The van der Waals surface area contributed by atoms with Crippen LogP contribution in [0.5, 0.6) is 5.75 Å². The van der Waals surface area contributed by atoms with Crippen molar-refractivity contribution in [1.82, 2.24) is 0 Å². The van der Waals surface area contributed by atoms with Gasteiger partial charge in [0.2, 0.25) is 0 Å². The second-order valence-electron chi connectivity index (χ2n) is 6.17. The molecule has 6 nitrogen and oxygen atoms in total. The molecule has 0 saturated heterocycles. The Balaban J connectivity index is 2.39. The molecule has 1 atom stereocenters. The Kier molecular flexibility index (Phi) is 8.41. The van der Waals surface area contributed by atoms with Gasteiger partial charge in [-0.3, -0.25) is 4.79 Å². The van der Waals surface area contributed by atoms with Gasteiger partial charge in [-0.2, -0.15) is 0 Å². The third-order valence-corrected chi connectivity index (χ3v) is 3.78. The number of benzene rings is 1. The molecule has 0 aliphatic rings. The molecule has 0 aliphatic carbocycles. The molecule has 0 aromatic heterocycles. The SMILES string of the molecule is CCOC(C)Oc1ccc(C(=O)OCCOC(=O)C(C)(C)CC)cc1. The first-order valence-electron chi connectivity index (χ1n) is 8.52. The van der Waals surface area contributed by atoms with E-state index in [1.54, 1.807) is 31.2 Å². The molecule has 0 radical (unpaired) electrons. The Morgan fingerprint density at radius 2 is 1.64 bits per heavy atom. The molecule has 0 fully saturated rings. The van der Waals surface area contributed by atoms with E-state index in [0.29, 0.717) is 24.3 Å². The molecule has 1 unspecified atom stereocenters. The molecule has 0 N–H and O–H groups in total. The highest BCUT2D eigenvalue weighted by Gasteiger charge is 2.26. The van der Waals surface area contributed by atoms with Gasteiger partial charge in [0, 0.05) is 6.61 Å². The monoisotopic (exact) mass is 352 g/mol. The summed E-state index contributed by atoms with van der Waals surface area (Å²) in [6, 6.07) is 6.58. The average molecular weight is 352 g/mol. The smallest absolute Gasteiger partial charge is 0.338 e. The minimum Gasteiger partial charge on any atom is -0.465 e. The van der Waals surface area contributed by atoms with Gasteiger partial charge in [0.15, 0.2) is 6.29 Å². The quantitative estimate of drug-likeness (QED) is 0.364. The van der Waals surface area contributed by atoms with Gasteiger partial charge in [0.25, 0.3) is 0 Å². The summed E-state index contributed by atoms with van der Waals surface area (Å²) in [5.41, 5.74) is -0.130. The fourth-order valence-electron chi connectivity index (χ4n) is 1.82.